The lowest BCUT2D eigenvalue weighted by atomic mass is 10.1. The van der Waals surface area contributed by atoms with Gasteiger partial charge < -0.3 is 11.6 Å². The summed E-state index contributed by atoms with van der Waals surface area (Å²) in [5, 5.41) is 2.18. The van der Waals surface area contributed by atoms with Gasteiger partial charge >= 0.3 is 0 Å². The summed E-state index contributed by atoms with van der Waals surface area (Å²) >= 11 is 1.30. The van der Waals surface area contributed by atoms with Gasteiger partial charge in [0, 0.05) is 10.9 Å². The Morgan fingerprint density at radius 3 is 2.63 bits per heavy atom. The minimum Gasteiger partial charge on any atom is -0.368 e. The fourth-order valence-electron chi connectivity index (χ4n) is 1.86. The van der Waals surface area contributed by atoms with Gasteiger partial charge in [0.2, 0.25) is 5.95 Å². The predicted octanol–water partition coefficient (Wildman–Crippen LogP) is 1.56. The molecule has 0 spiro atoms. The summed E-state index contributed by atoms with van der Waals surface area (Å²) in [5.74, 6) is 5.17. The molecule has 0 fully saturated rings. The van der Waals surface area contributed by atoms with Crippen LogP contribution in [0, 0.1) is 5.82 Å². The highest BCUT2D eigenvalue weighted by atomic mass is 32.1. The lowest BCUT2D eigenvalue weighted by Crippen LogP contribution is -2.30. The predicted molar refractivity (Wildman–Crippen MR) is 73.8 cm³/mol. The first-order valence-corrected chi connectivity index (χ1v) is 6.26. The Labute approximate surface area is 110 Å². The molecular weight excluding hydrogens is 267 g/mol. The Kier molecular flexibility index (Phi) is 2.49. The zero-order valence-electron chi connectivity index (χ0n) is 9.63. The highest BCUT2D eigenvalue weighted by Crippen LogP contribution is 2.30. The number of halogens is 1. The van der Waals surface area contributed by atoms with E-state index in [9.17, 15) is 9.18 Å². The highest BCUT2D eigenvalue weighted by Gasteiger charge is 2.14. The molecule has 96 valence electrons. The first-order chi connectivity index (χ1) is 9.08. The van der Waals surface area contributed by atoms with E-state index in [1.165, 1.54) is 23.5 Å². The topological polar surface area (TPSA) is 86.9 Å². The van der Waals surface area contributed by atoms with E-state index in [0.29, 0.717) is 15.8 Å². The normalized spacial score (nSPS) is 11.0. The zero-order valence-corrected chi connectivity index (χ0v) is 10.4. The number of fused-ring (bicyclic) bond motifs is 1. The number of benzene rings is 1. The van der Waals surface area contributed by atoms with E-state index in [1.807, 2.05) is 0 Å². The molecule has 0 atom stereocenters. The first kappa shape index (κ1) is 11.7. The van der Waals surface area contributed by atoms with Gasteiger partial charge in [0.25, 0.3) is 5.56 Å². The number of aromatic nitrogens is 2. The van der Waals surface area contributed by atoms with Gasteiger partial charge in [-0.1, -0.05) is 12.1 Å². The molecule has 0 unspecified atom stereocenters. The lowest BCUT2D eigenvalue weighted by molar-refractivity contribution is 0.628. The van der Waals surface area contributed by atoms with Crippen molar-refractivity contribution >= 4 is 27.5 Å². The molecule has 2 heterocycles. The molecule has 3 aromatic rings. The van der Waals surface area contributed by atoms with Crippen LogP contribution in [0.5, 0.6) is 0 Å². The van der Waals surface area contributed by atoms with E-state index in [1.54, 1.807) is 17.5 Å². The Morgan fingerprint density at radius 1 is 1.26 bits per heavy atom. The Bertz CT molecular complexity index is 822. The molecular formula is C12H9FN4OS. The Balaban J connectivity index is 2.34. The van der Waals surface area contributed by atoms with Crippen molar-refractivity contribution in [1.82, 2.24) is 9.66 Å². The van der Waals surface area contributed by atoms with Crippen molar-refractivity contribution in [3.05, 3.63) is 45.8 Å². The van der Waals surface area contributed by atoms with E-state index in [2.05, 4.69) is 4.98 Å². The van der Waals surface area contributed by atoms with E-state index in [-0.39, 0.29) is 11.8 Å². The van der Waals surface area contributed by atoms with E-state index < -0.39 is 5.56 Å². The molecule has 7 heteroatoms. The molecule has 0 aliphatic carbocycles. The average Bonchev–Trinajstić information content (AvgIpc) is 2.81. The zero-order chi connectivity index (χ0) is 13.6. The Hall–Kier alpha value is -2.41. The van der Waals surface area contributed by atoms with Gasteiger partial charge in [0.1, 0.15) is 10.6 Å². The smallest absolute Gasteiger partial charge is 0.282 e. The second-order valence-electron chi connectivity index (χ2n) is 3.98. The third-order valence-corrected chi connectivity index (χ3v) is 3.69. The van der Waals surface area contributed by atoms with Gasteiger partial charge in [0.15, 0.2) is 0 Å². The summed E-state index contributed by atoms with van der Waals surface area (Å²) in [5.41, 5.74) is 6.53. The molecule has 0 saturated heterocycles. The molecule has 5 nitrogen and oxygen atoms in total. The van der Waals surface area contributed by atoms with Crippen molar-refractivity contribution in [3.8, 4) is 11.1 Å². The van der Waals surface area contributed by atoms with Crippen LogP contribution in [0.2, 0.25) is 0 Å². The maximum Gasteiger partial charge on any atom is 0.282 e. The number of nitrogens with zero attached hydrogens (tertiary/aromatic N) is 2. The van der Waals surface area contributed by atoms with Crippen molar-refractivity contribution in [1.29, 1.82) is 0 Å². The summed E-state index contributed by atoms with van der Waals surface area (Å²) in [6, 6.07) is 5.88. The number of hydrogen-bond donors (Lipinski definition) is 2. The fourth-order valence-corrected chi connectivity index (χ4v) is 2.81. The standard InChI is InChI=1S/C12H9FN4OS/c13-7-3-1-6(2-4-7)8-5-19-10-9(8)11(18)17(15)12(14)16-10/h1-5H,15H2,(H2,14,16). The van der Waals surface area contributed by atoms with Crippen molar-refractivity contribution in [2.24, 2.45) is 0 Å². The van der Waals surface area contributed by atoms with Crippen molar-refractivity contribution in [2.75, 3.05) is 11.6 Å². The molecule has 3 rings (SSSR count). The average molecular weight is 276 g/mol. The van der Waals surface area contributed by atoms with Gasteiger partial charge in [0.05, 0.1) is 5.39 Å². The highest BCUT2D eigenvalue weighted by molar-refractivity contribution is 7.17. The van der Waals surface area contributed by atoms with Crippen LogP contribution in [0.4, 0.5) is 10.3 Å². The minimum absolute atomic E-state index is 0.0370. The molecule has 1 aromatic carbocycles. The number of anilines is 1. The largest absolute Gasteiger partial charge is 0.368 e. The van der Waals surface area contributed by atoms with Gasteiger partial charge in [-0.15, -0.1) is 11.3 Å². The molecule has 0 bridgehead atoms. The van der Waals surface area contributed by atoms with Crippen LogP contribution in [-0.4, -0.2) is 9.66 Å². The van der Waals surface area contributed by atoms with Crippen LogP contribution in [0.3, 0.4) is 0 Å². The number of hydrogen-bond acceptors (Lipinski definition) is 5. The fraction of sp³-hybridized carbons (Fsp3) is 0. The number of rotatable bonds is 1. The second kappa shape index (κ2) is 4.06. The molecule has 2 aromatic heterocycles. The van der Waals surface area contributed by atoms with Gasteiger partial charge in [-0.3, -0.25) is 4.79 Å². The van der Waals surface area contributed by atoms with Crippen LogP contribution < -0.4 is 17.1 Å². The number of nitrogen functional groups attached to an aromatic ring is 2. The van der Waals surface area contributed by atoms with E-state index in [0.717, 1.165) is 10.2 Å². The lowest BCUT2D eigenvalue weighted by Gasteiger charge is -2.03. The minimum atomic E-state index is -0.414. The third-order valence-electron chi connectivity index (χ3n) is 2.82. The third kappa shape index (κ3) is 1.75. The summed E-state index contributed by atoms with van der Waals surface area (Å²) in [4.78, 5) is 16.7. The van der Waals surface area contributed by atoms with Crippen molar-refractivity contribution in [3.63, 3.8) is 0 Å². The maximum atomic E-state index is 12.9. The van der Waals surface area contributed by atoms with Crippen molar-refractivity contribution < 1.29 is 4.39 Å². The quantitative estimate of drug-likeness (QED) is 0.660. The molecule has 0 aliphatic heterocycles. The van der Waals surface area contributed by atoms with E-state index in [4.69, 9.17) is 11.6 Å². The summed E-state index contributed by atoms with van der Waals surface area (Å²) < 4.78 is 13.7. The van der Waals surface area contributed by atoms with Crippen LogP contribution in [-0.2, 0) is 0 Å². The van der Waals surface area contributed by atoms with Gasteiger partial charge in [-0.2, -0.15) is 4.68 Å². The number of thiophene rings is 1. The molecule has 0 radical (unpaired) electrons. The summed E-state index contributed by atoms with van der Waals surface area (Å²) in [6.45, 7) is 0. The van der Waals surface area contributed by atoms with E-state index >= 15 is 0 Å². The summed E-state index contributed by atoms with van der Waals surface area (Å²) in [7, 11) is 0. The van der Waals surface area contributed by atoms with Gasteiger partial charge in [-0.05, 0) is 17.7 Å². The second-order valence-corrected chi connectivity index (χ2v) is 4.84. The first-order valence-electron chi connectivity index (χ1n) is 5.38. The molecule has 0 aliphatic rings. The van der Waals surface area contributed by atoms with Crippen LogP contribution in [0.25, 0.3) is 21.3 Å². The summed E-state index contributed by atoms with van der Waals surface area (Å²) in [6.07, 6.45) is 0. The number of nitrogens with two attached hydrogens (primary N) is 2. The molecule has 0 saturated carbocycles. The maximum absolute atomic E-state index is 12.9. The van der Waals surface area contributed by atoms with Crippen molar-refractivity contribution in [2.45, 2.75) is 0 Å². The van der Waals surface area contributed by atoms with Crippen LogP contribution in [0.1, 0.15) is 0 Å². The van der Waals surface area contributed by atoms with Crippen LogP contribution >= 0.6 is 11.3 Å². The SMILES string of the molecule is Nc1nc2scc(-c3ccc(F)cc3)c2c(=O)n1N. The molecule has 0 amide bonds. The van der Waals surface area contributed by atoms with Crippen LogP contribution in [0.15, 0.2) is 34.4 Å². The molecule has 19 heavy (non-hydrogen) atoms. The Morgan fingerprint density at radius 2 is 1.95 bits per heavy atom. The van der Waals surface area contributed by atoms with Gasteiger partial charge in [-0.25, -0.2) is 9.37 Å². The molecule has 4 N–H and O–H groups in total. The monoisotopic (exact) mass is 276 g/mol.